The number of rotatable bonds is 2. The lowest BCUT2D eigenvalue weighted by Crippen LogP contribution is -2.43. The van der Waals surface area contributed by atoms with Crippen molar-refractivity contribution in [3.8, 4) is 0 Å². The van der Waals surface area contributed by atoms with E-state index in [1.807, 2.05) is 24.3 Å². The van der Waals surface area contributed by atoms with Crippen LogP contribution in [0.4, 0.5) is 5.69 Å². The molecule has 0 unspecified atom stereocenters. The number of anilines is 1. The summed E-state index contributed by atoms with van der Waals surface area (Å²) in [7, 11) is 0. The third kappa shape index (κ3) is 4.42. The van der Waals surface area contributed by atoms with Crippen molar-refractivity contribution in [3.63, 3.8) is 0 Å². The highest BCUT2D eigenvalue weighted by Gasteiger charge is 2.04. The quantitative estimate of drug-likeness (QED) is 0.412. The summed E-state index contributed by atoms with van der Waals surface area (Å²) in [5.74, 6) is -0.279. The molecule has 7 heteroatoms. The molecule has 0 saturated heterocycles. The molecule has 5 nitrogen and oxygen atoms in total. The van der Waals surface area contributed by atoms with Gasteiger partial charge in [-0.15, -0.1) is 0 Å². The predicted octanol–water partition coefficient (Wildman–Crippen LogP) is 2.32. The zero-order valence-electron chi connectivity index (χ0n) is 10.3. The molecule has 0 spiro atoms. The summed E-state index contributed by atoms with van der Waals surface area (Å²) in [4.78, 5) is 15.6. The Morgan fingerprint density at radius 3 is 2.35 bits per heavy atom. The van der Waals surface area contributed by atoms with E-state index in [1.54, 1.807) is 24.5 Å². The Balaban J connectivity index is 1.83. The molecule has 1 heterocycles. The van der Waals surface area contributed by atoms with E-state index in [-0.39, 0.29) is 5.91 Å². The molecular weight excluding hydrogens is 387 g/mol. The van der Waals surface area contributed by atoms with Crippen LogP contribution in [0, 0.1) is 3.57 Å². The Labute approximate surface area is 135 Å². The van der Waals surface area contributed by atoms with Gasteiger partial charge in [0, 0.05) is 27.2 Å². The van der Waals surface area contributed by atoms with Gasteiger partial charge in [0.05, 0.1) is 0 Å². The molecule has 1 aromatic carbocycles. The van der Waals surface area contributed by atoms with Crippen LogP contribution in [0.15, 0.2) is 48.8 Å². The number of carbonyl (C=O) groups excluding carboxylic acids is 1. The molecule has 2 rings (SSSR count). The number of carbonyl (C=O) groups is 1. The van der Waals surface area contributed by atoms with Crippen molar-refractivity contribution in [2.45, 2.75) is 0 Å². The van der Waals surface area contributed by atoms with Gasteiger partial charge in [0.25, 0.3) is 5.91 Å². The zero-order valence-corrected chi connectivity index (χ0v) is 13.2. The second-order valence-corrected chi connectivity index (χ2v) is 5.43. The molecule has 2 aromatic rings. The standard InChI is InChI=1S/C13H11IN4OS/c14-10-1-3-11(4-2-10)16-13(20)18-17-12(19)9-5-7-15-8-6-9/h1-8H,(H,17,19)(H2,16,18,20). The van der Waals surface area contributed by atoms with E-state index >= 15 is 0 Å². The van der Waals surface area contributed by atoms with Gasteiger partial charge in [-0.25, -0.2) is 0 Å². The van der Waals surface area contributed by atoms with Crippen molar-refractivity contribution in [2.24, 2.45) is 0 Å². The highest BCUT2D eigenvalue weighted by atomic mass is 127. The van der Waals surface area contributed by atoms with Gasteiger partial charge in [-0.1, -0.05) is 0 Å². The smallest absolute Gasteiger partial charge is 0.269 e. The minimum atomic E-state index is -0.279. The van der Waals surface area contributed by atoms with E-state index in [0.29, 0.717) is 10.7 Å². The van der Waals surface area contributed by atoms with Crippen LogP contribution < -0.4 is 16.2 Å². The van der Waals surface area contributed by atoms with Crippen molar-refractivity contribution < 1.29 is 4.79 Å². The Bertz CT molecular complexity index is 604. The molecule has 1 amide bonds. The van der Waals surface area contributed by atoms with Crippen LogP contribution in [0.25, 0.3) is 0 Å². The first-order valence-electron chi connectivity index (χ1n) is 5.68. The van der Waals surface area contributed by atoms with E-state index in [4.69, 9.17) is 12.2 Å². The number of hydrogen-bond donors (Lipinski definition) is 3. The number of thiocarbonyl (C=S) groups is 1. The SMILES string of the molecule is O=C(NNC(=S)Nc1ccc(I)cc1)c1ccncc1. The first-order valence-corrected chi connectivity index (χ1v) is 7.17. The highest BCUT2D eigenvalue weighted by molar-refractivity contribution is 14.1. The van der Waals surface area contributed by atoms with E-state index in [9.17, 15) is 4.79 Å². The van der Waals surface area contributed by atoms with Gasteiger partial charge >= 0.3 is 0 Å². The van der Waals surface area contributed by atoms with Crippen LogP contribution in [0.1, 0.15) is 10.4 Å². The molecular formula is C13H11IN4OS. The third-order valence-corrected chi connectivity index (χ3v) is 3.26. The van der Waals surface area contributed by atoms with Gasteiger partial charge in [0.15, 0.2) is 5.11 Å². The number of hydrazine groups is 1. The minimum Gasteiger partial charge on any atom is -0.331 e. The van der Waals surface area contributed by atoms with Crippen LogP contribution in [0.2, 0.25) is 0 Å². The van der Waals surface area contributed by atoms with Crippen molar-refractivity contribution in [1.82, 2.24) is 15.8 Å². The molecule has 0 fully saturated rings. The van der Waals surface area contributed by atoms with Crippen molar-refractivity contribution in [1.29, 1.82) is 0 Å². The van der Waals surface area contributed by atoms with Gasteiger partial charge in [-0.05, 0) is 71.2 Å². The number of nitrogens with zero attached hydrogens (tertiary/aromatic N) is 1. The molecule has 0 saturated carbocycles. The molecule has 0 aliphatic heterocycles. The number of benzene rings is 1. The summed E-state index contributed by atoms with van der Waals surface area (Å²) in [5, 5.41) is 3.28. The molecule has 0 radical (unpaired) electrons. The maximum atomic E-state index is 11.8. The van der Waals surface area contributed by atoms with Crippen LogP contribution in [0.3, 0.4) is 0 Å². The summed E-state index contributed by atoms with van der Waals surface area (Å²) in [6, 6.07) is 11.0. The molecule has 3 N–H and O–H groups in total. The van der Waals surface area contributed by atoms with E-state index in [1.165, 1.54) is 0 Å². The Morgan fingerprint density at radius 2 is 1.70 bits per heavy atom. The highest BCUT2D eigenvalue weighted by Crippen LogP contribution is 2.10. The van der Waals surface area contributed by atoms with E-state index < -0.39 is 0 Å². The molecule has 20 heavy (non-hydrogen) atoms. The van der Waals surface area contributed by atoms with Gasteiger partial charge in [-0.2, -0.15) is 0 Å². The van der Waals surface area contributed by atoms with Gasteiger partial charge in [-0.3, -0.25) is 20.6 Å². The van der Waals surface area contributed by atoms with Crippen LogP contribution in [0.5, 0.6) is 0 Å². The Hall–Kier alpha value is -1.74. The van der Waals surface area contributed by atoms with Gasteiger partial charge in [0.1, 0.15) is 0 Å². The lowest BCUT2D eigenvalue weighted by molar-refractivity contribution is 0.0944. The first-order chi connectivity index (χ1) is 9.65. The topological polar surface area (TPSA) is 66.1 Å². The predicted molar refractivity (Wildman–Crippen MR) is 90.2 cm³/mol. The summed E-state index contributed by atoms with van der Waals surface area (Å²) in [6.45, 7) is 0. The van der Waals surface area contributed by atoms with Crippen LogP contribution in [-0.4, -0.2) is 16.0 Å². The van der Waals surface area contributed by atoms with Crippen molar-refractivity contribution >= 4 is 51.5 Å². The fraction of sp³-hybridized carbons (Fsp3) is 0. The summed E-state index contributed by atoms with van der Waals surface area (Å²) in [6.07, 6.45) is 3.11. The fourth-order valence-corrected chi connectivity index (χ4v) is 1.91. The number of halogens is 1. The van der Waals surface area contributed by atoms with Crippen molar-refractivity contribution in [3.05, 3.63) is 57.9 Å². The van der Waals surface area contributed by atoms with Gasteiger partial charge in [0.2, 0.25) is 0 Å². The molecule has 102 valence electrons. The zero-order chi connectivity index (χ0) is 14.4. The number of nitrogens with one attached hydrogen (secondary N) is 3. The van der Waals surface area contributed by atoms with Crippen molar-refractivity contribution in [2.75, 3.05) is 5.32 Å². The van der Waals surface area contributed by atoms with Gasteiger partial charge < -0.3 is 5.32 Å². The maximum absolute atomic E-state index is 11.8. The molecule has 0 atom stereocenters. The second-order valence-electron chi connectivity index (χ2n) is 3.78. The minimum absolute atomic E-state index is 0.279. The Kier molecular flexibility index (Phi) is 5.24. The Morgan fingerprint density at radius 1 is 1.05 bits per heavy atom. The normalized spacial score (nSPS) is 9.65. The average Bonchev–Trinajstić information content (AvgIpc) is 2.48. The van der Waals surface area contributed by atoms with E-state index in [2.05, 4.69) is 43.7 Å². The second kappa shape index (κ2) is 7.15. The largest absolute Gasteiger partial charge is 0.331 e. The molecule has 0 aliphatic rings. The monoisotopic (exact) mass is 398 g/mol. The summed E-state index contributed by atoms with van der Waals surface area (Å²) >= 11 is 7.31. The van der Waals surface area contributed by atoms with Crippen LogP contribution in [-0.2, 0) is 0 Å². The first kappa shape index (κ1) is 14.7. The molecule has 0 aliphatic carbocycles. The summed E-state index contributed by atoms with van der Waals surface area (Å²) < 4.78 is 1.14. The fourth-order valence-electron chi connectivity index (χ4n) is 1.38. The number of aromatic nitrogens is 1. The third-order valence-electron chi connectivity index (χ3n) is 2.33. The molecule has 1 aromatic heterocycles. The number of hydrogen-bond acceptors (Lipinski definition) is 3. The van der Waals surface area contributed by atoms with Crippen LogP contribution >= 0.6 is 34.8 Å². The lowest BCUT2D eigenvalue weighted by Gasteiger charge is -2.11. The lowest BCUT2D eigenvalue weighted by atomic mass is 10.3. The number of amides is 1. The average molecular weight is 398 g/mol. The summed E-state index contributed by atoms with van der Waals surface area (Å²) in [5.41, 5.74) is 6.50. The number of pyridine rings is 1. The molecule has 0 bridgehead atoms. The maximum Gasteiger partial charge on any atom is 0.269 e. The van der Waals surface area contributed by atoms with E-state index in [0.717, 1.165) is 9.26 Å².